The van der Waals surface area contributed by atoms with Gasteiger partial charge in [0.15, 0.2) is 0 Å². The Labute approximate surface area is 110 Å². The maximum Gasteiger partial charge on any atom is 0.335 e. The molecular formula is C12H16N2O5. The number of benzene rings is 1. The molecule has 0 aliphatic rings. The number of nitrogens with one attached hydrogen (secondary N) is 1. The molecule has 7 nitrogen and oxygen atoms in total. The minimum Gasteiger partial charge on any atom is -0.478 e. The fraction of sp³-hybridized carbons (Fsp3) is 0.417. The maximum atomic E-state index is 10.8. The van der Waals surface area contributed by atoms with E-state index in [1.165, 1.54) is 18.2 Å². The third-order valence-electron chi connectivity index (χ3n) is 2.53. The van der Waals surface area contributed by atoms with Gasteiger partial charge in [-0.1, -0.05) is 0 Å². The third kappa shape index (κ3) is 4.55. The topological polar surface area (TPSA) is 102 Å². The number of unbranched alkanes of at least 4 members (excludes halogenated alkanes) is 1. The zero-order chi connectivity index (χ0) is 14.3. The quantitative estimate of drug-likeness (QED) is 0.425. The normalized spacial score (nSPS) is 10.2. The number of hydrogen-bond acceptors (Lipinski definition) is 5. The van der Waals surface area contributed by atoms with Crippen LogP contribution in [0.2, 0.25) is 0 Å². The summed E-state index contributed by atoms with van der Waals surface area (Å²) in [5, 5.41) is 22.6. The van der Waals surface area contributed by atoms with Crippen molar-refractivity contribution in [1.29, 1.82) is 0 Å². The number of anilines is 1. The molecule has 1 rings (SSSR count). The van der Waals surface area contributed by atoms with E-state index in [9.17, 15) is 14.9 Å². The SMILES string of the molecule is COCCCCNc1cc(C(=O)O)ccc1[N+](=O)[O-]. The Kier molecular flexibility index (Phi) is 5.74. The fourth-order valence-electron chi connectivity index (χ4n) is 1.56. The van der Waals surface area contributed by atoms with E-state index in [2.05, 4.69) is 5.32 Å². The van der Waals surface area contributed by atoms with Crippen molar-refractivity contribution in [3.8, 4) is 0 Å². The first kappa shape index (κ1) is 14.9. The number of carboxylic acid groups (broad SMARTS) is 1. The van der Waals surface area contributed by atoms with Gasteiger partial charge in [-0.3, -0.25) is 10.1 Å². The molecule has 0 radical (unpaired) electrons. The number of nitrogens with zero attached hydrogens (tertiary/aromatic N) is 1. The predicted octanol–water partition coefficient (Wildman–Crippen LogP) is 2.13. The lowest BCUT2D eigenvalue weighted by molar-refractivity contribution is -0.384. The van der Waals surface area contributed by atoms with E-state index in [0.717, 1.165) is 12.8 Å². The molecule has 0 bridgehead atoms. The minimum absolute atomic E-state index is 0.0185. The summed E-state index contributed by atoms with van der Waals surface area (Å²) in [5.41, 5.74) is 0.115. The van der Waals surface area contributed by atoms with E-state index in [4.69, 9.17) is 9.84 Å². The molecule has 0 saturated heterocycles. The van der Waals surface area contributed by atoms with Gasteiger partial charge in [0, 0.05) is 26.3 Å². The first-order chi connectivity index (χ1) is 9.06. The van der Waals surface area contributed by atoms with Gasteiger partial charge in [-0.25, -0.2) is 4.79 Å². The fourth-order valence-corrected chi connectivity index (χ4v) is 1.56. The zero-order valence-electron chi connectivity index (χ0n) is 10.6. The van der Waals surface area contributed by atoms with Crippen LogP contribution >= 0.6 is 0 Å². The van der Waals surface area contributed by atoms with Crippen molar-refractivity contribution in [2.75, 3.05) is 25.6 Å². The van der Waals surface area contributed by atoms with Gasteiger partial charge < -0.3 is 15.2 Å². The molecule has 0 saturated carbocycles. The van der Waals surface area contributed by atoms with Crippen molar-refractivity contribution >= 4 is 17.3 Å². The lowest BCUT2D eigenvalue weighted by Gasteiger charge is -2.07. The Morgan fingerprint density at radius 3 is 2.79 bits per heavy atom. The Bertz CT molecular complexity index is 461. The number of ether oxygens (including phenoxy) is 1. The van der Waals surface area contributed by atoms with Crippen molar-refractivity contribution < 1.29 is 19.6 Å². The van der Waals surface area contributed by atoms with Crippen LogP contribution in [0, 0.1) is 10.1 Å². The molecule has 104 valence electrons. The summed E-state index contributed by atoms with van der Waals surface area (Å²) < 4.78 is 4.89. The third-order valence-corrected chi connectivity index (χ3v) is 2.53. The van der Waals surface area contributed by atoms with Crippen LogP contribution in [-0.2, 0) is 4.74 Å². The number of nitro groups is 1. The molecule has 0 aliphatic heterocycles. The van der Waals surface area contributed by atoms with Gasteiger partial charge in [0.1, 0.15) is 5.69 Å². The van der Waals surface area contributed by atoms with Crippen LogP contribution in [0.25, 0.3) is 0 Å². The predicted molar refractivity (Wildman–Crippen MR) is 69.7 cm³/mol. The second-order valence-corrected chi connectivity index (χ2v) is 3.92. The number of rotatable bonds is 8. The number of carboxylic acids is 1. The van der Waals surface area contributed by atoms with Crippen molar-refractivity contribution in [2.45, 2.75) is 12.8 Å². The number of methoxy groups -OCH3 is 1. The van der Waals surface area contributed by atoms with E-state index < -0.39 is 10.9 Å². The molecule has 0 fully saturated rings. The van der Waals surface area contributed by atoms with E-state index in [1.54, 1.807) is 7.11 Å². The van der Waals surface area contributed by atoms with Crippen LogP contribution in [0.5, 0.6) is 0 Å². The van der Waals surface area contributed by atoms with Gasteiger partial charge in [-0.2, -0.15) is 0 Å². The minimum atomic E-state index is -1.11. The van der Waals surface area contributed by atoms with Crippen molar-refractivity contribution in [2.24, 2.45) is 0 Å². The Balaban J connectivity index is 2.74. The summed E-state index contributed by atoms with van der Waals surface area (Å²) in [6, 6.07) is 3.69. The Hall–Kier alpha value is -2.15. The monoisotopic (exact) mass is 268 g/mol. The lowest BCUT2D eigenvalue weighted by atomic mass is 10.1. The Morgan fingerprint density at radius 2 is 2.21 bits per heavy atom. The standard InChI is InChI=1S/C12H16N2O5/c1-19-7-3-2-6-13-10-8-9(12(15)16)4-5-11(10)14(17)18/h4-5,8,13H,2-3,6-7H2,1H3,(H,15,16). The van der Waals surface area contributed by atoms with E-state index >= 15 is 0 Å². The van der Waals surface area contributed by atoms with Gasteiger partial charge >= 0.3 is 5.97 Å². The highest BCUT2D eigenvalue weighted by molar-refractivity contribution is 5.90. The van der Waals surface area contributed by atoms with Crippen LogP contribution in [0.4, 0.5) is 11.4 Å². The lowest BCUT2D eigenvalue weighted by Crippen LogP contribution is -2.07. The van der Waals surface area contributed by atoms with Gasteiger partial charge in [-0.15, -0.1) is 0 Å². The molecule has 19 heavy (non-hydrogen) atoms. The number of carbonyl (C=O) groups is 1. The smallest absolute Gasteiger partial charge is 0.335 e. The zero-order valence-corrected chi connectivity index (χ0v) is 10.6. The molecule has 7 heteroatoms. The summed E-state index contributed by atoms with van der Waals surface area (Å²) in [6.07, 6.45) is 1.61. The molecule has 1 aromatic rings. The Morgan fingerprint density at radius 1 is 1.47 bits per heavy atom. The molecule has 0 aromatic heterocycles. The van der Waals surface area contributed by atoms with Crippen molar-refractivity contribution in [3.63, 3.8) is 0 Å². The van der Waals surface area contributed by atoms with Crippen molar-refractivity contribution in [3.05, 3.63) is 33.9 Å². The van der Waals surface area contributed by atoms with Gasteiger partial charge in [0.2, 0.25) is 0 Å². The van der Waals surface area contributed by atoms with Crippen LogP contribution in [0.15, 0.2) is 18.2 Å². The van der Waals surface area contributed by atoms with Crippen molar-refractivity contribution in [1.82, 2.24) is 0 Å². The highest BCUT2D eigenvalue weighted by atomic mass is 16.6. The second kappa shape index (κ2) is 7.32. The maximum absolute atomic E-state index is 10.8. The first-order valence-electron chi connectivity index (χ1n) is 5.80. The van der Waals surface area contributed by atoms with E-state index in [1.807, 2.05) is 0 Å². The summed E-state index contributed by atoms with van der Waals surface area (Å²) in [6.45, 7) is 1.15. The van der Waals surface area contributed by atoms with Crippen LogP contribution < -0.4 is 5.32 Å². The average Bonchev–Trinajstić information content (AvgIpc) is 2.38. The number of hydrogen-bond donors (Lipinski definition) is 2. The van der Waals surface area contributed by atoms with Crippen LogP contribution in [0.3, 0.4) is 0 Å². The van der Waals surface area contributed by atoms with E-state index in [-0.39, 0.29) is 16.9 Å². The molecule has 0 amide bonds. The van der Waals surface area contributed by atoms with Gasteiger partial charge in [0.25, 0.3) is 5.69 Å². The average molecular weight is 268 g/mol. The molecule has 0 heterocycles. The highest BCUT2D eigenvalue weighted by Gasteiger charge is 2.15. The van der Waals surface area contributed by atoms with Gasteiger partial charge in [-0.05, 0) is 25.0 Å². The molecule has 2 N–H and O–H groups in total. The largest absolute Gasteiger partial charge is 0.478 e. The molecule has 0 spiro atoms. The van der Waals surface area contributed by atoms with Gasteiger partial charge in [0.05, 0.1) is 10.5 Å². The van der Waals surface area contributed by atoms with E-state index in [0.29, 0.717) is 13.2 Å². The summed E-state index contributed by atoms with van der Waals surface area (Å²) >= 11 is 0. The number of aromatic carboxylic acids is 1. The number of nitro benzene ring substituents is 1. The molecule has 0 unspecified atom stereocenters. The summed E-state index contributed by atoms with van der Waals surface area (Å²) in [7, 11) is 1.61. The summed E-state index contributed by atoms with van der Waals surface area (Å²) in [5.74, 6) is -1.11. The molecule has 0 atom stereocenters. The molecular weight excluding hydrogens is 252 g/mol. The van der Waals surface area contributed by atoms with Crippen LogP contribution in [-0.4, -0.2) is 36.3 Å². The van der Waals surface area contributed by atoms with Crippen LogP contribution in [0.1, 0.15) is 23.2 Å². The summed E-state index contributed by atoms with van der Waals surface area (Å²) in [4.78, 5) is 21.1. The molecule has 1 aromatic carbocycles. The second-order valence-electron chi connectivity index (χ2n) is 3.92. The molecule has 0 aliphatic carbocycles. The first-order valence-corrected chi connectivity index (χ1v) is 5.80. The highest BCUT2D eigenvalue weighted by Crippen LogP contribution is 2.25.